The zero-order valence-electron chi connectivity index (χ0n) is 17.1. The van der Waals surface area contributed by atoms with Gasteiger partial charge in [0, 0.05) is 19.3 Å². The molecule has 0 aliphatic carbocycles. The van der Waals surface area contributed by atoms with Gasteiger partial charge < -0.3 is 4.90 Å². The van der Waals surface area contributed by atoms with E-state index in [0.717, 1.165) is 50.2 Å². The van der Waals surface area contributed by atoms with Crippen molar-refractivity contribution in [3.63, 3.8) is 0 Å². The number of aromatic nitrogens is 1. The predicted molar refractivity (Wildman–Crippen MR) is 129 cm³/mol. The summed E-state index contributed by atoms with van der Waals surface area (Å²) in [5.41, 5.74) is 5.62. The van der Waals surface area contributed by atoms with E-state index in [1.807, 2.05) is 18.3 Å². The third-order valence-corrected chi connectivity index (χ3v) is 4.37. The van der Waals surface area contributed by atoms with Crippen LogP contribution in [-0.2, 0) is 24.1 Å². The number of benzene rings is 1. The Labute approximate surface area is 193 Å². The Hall–Kier alpha value is -1.53. The molecular formula is C21H33Cl3N4O. The van der Waals surface area contributed by atoms with Gasteiger partial charge in [0.05, 0.1) is 6.42 Å². The molecule has 2 aromatic rings. The maximum absolute atomic E-state index is 11.3. The summed E-state index contributed by atoms with van der Waals surface area (Å²) in [6, 6.07) is 12.4. The monoisotopic (exact) mass is 462 g/mol. The Kier molecular flexibility index (Phi) is 16.7. The van der Waals surface area contributed by atoms with Crippen LogP contribution in [0.15, 0.2) is 42.6 Å². The van der Waals surface area contributed by atoms with E-state index in [-0.39, 0.29) is 43.1 Å². The summed E-state index contributed by atoms with van der Waals surface area (Å²) in [5, 5.41) is 0. The number of anilines is 1. The van der Waals surface area contributed by atoms with Crippen LogP contribution in [0.25, 0.3) is 0 Å². The summed E-state index contributed by atoms with van der Waals surface area (Å²) in [6.45, 7) is 6.50. The highest BCUT2D eigenvalue weighted by Crippen LogP contribution is 2.14. The van der Waals surface area contributed by atoms with Gasteiger partial charge in [-0.05, 0) is 48.4 Å². The summed E-state index contributed by atoms with van der Waals surface area (Å²) < 4.78 is 0. The van der Waals surface area contributed by atoms with Crippen LogP contribution in [0.1, 0.15) is 43.4 Å². The van der Waals surface area contributed by atoms with Crippen LogP contribution in [0.5, 0.6) is 0 Å². The minimum atomic E-state index is -0.177. The molecule has 0 fully saturated rings. The van der Waals surface area contributed by atoms with Crippen LogP contribution in [0.2, 0.25) is 0 Å². The number of carbonyl (C=O) groups is 1. The minimum absolute atomic E-state index is 0. The van der Waals surface area contributed by atoms with Crippen molar-refractivity contribution in [2.24, 2.45) is 5.84 Å². The third-order valence-electron chi connectivity index (χ3n) is 4.37. The van der Waals surface area contributed by atoms with E-state index in [4.69, 9.17) is 5.84 Å². The molecule has 0 spiro atoms. The van der Waals surface area contributed by atoms with Crippen molar-refractivity contribution in [2.45, 2.75) is 46.0 Å². The van der Waals surface area contributed by atoms with Crippen LogP contribution in [0.3, 0.4) is 0 Å². The number of halogens is 3. The second-order valence-corrected chi connectivity index (χ2v) is 6.57. The highest BCUT2D eigenvalue weighted by molar-refractivity contribution is 5.86. The maximum Gasteiger partial charge on any atom is 0.238 e. The van der Waals surface area contributed by atoms with Gasteiger partial charge in [0.25, 0.3) is 0 Å². The number of hydrogen-bond acceptors (Lipinski definition) is 4. The van der Waals surface area contributed by atoms with Gasteiger partial charge in [-0.15, -0.1) is 37.2 Å². The lowest BCUT2D eigenvalue weighted by Gasteiger charge is -2.22. The molecule has 2 rings (SSSR count). The second kappa shape index (κ2) is 16.3. The second-order valence-electron chi connectivity index (χ2n) is 6.57. The number of aryl methyl sites for hydroxylation is 2. The van der Waals surface area contributed by atoms with Crippen molar-refractivity contribution in [3.8, 4) is 0 Å². The Morgan fingerprint density at radius 2 is 1.41 bits per heavy atom. The number of hydrazine groups is 1. The summed E-state index contributed by atoms with van der Waals surface area (Å²) >= 11 is 0. The van der Waals surface area contributed by atoms with Gasteiger partial charge in [-0.25, -0.2) is 10.8 Å². The molecule has 0 aliphatic heterocycles. The van der Waals surface area contributed by atoms with Crippen molar-refractivity contribution < 1.29 is 4.79 Å². The van der Waals surface area contributed by atoms with Crippen LogP contribution in [-0.4, -0.2) is 24.0 Å². The fourth-order valence-corrected chi connectivity index (χ4v) is 2.98. The lowest BCUT2D eigenvalue weighted by molar-refractivity contribution is -0.120. The molecule has 1 aromatic carbocycles. The lowest BCUT2D eigenvalue weighted by atomic mass is 10.0. The molecule has 1 aromatic heterocycles. The van der Waals surface area contributed by atoms with Crippen LogP contribution >= 0.6 is 37.2 Å². The SMILES string of the molecule is CCCN(CCC)c1ccc(CCc2ccc(CC(=O)NN)cc2)cn1.Cl.Cl.Cl. The fraction of sp³-hybridized carbons (Fsp3) is 0.429. The highest BCUT2D eigenvalue weighted by Gasteiger charge is 2.06. The molecule has 29 heavy (non-hydrogen) atoms. The molecule has 0 atom stereocenters. The van der Waals surface area contributed by atoms with Gasteiger partial charge in [0.15, 0.2) is 0 Å². The third kappa shape index (κ3) is 10.2. The minimum Gasteiger partial charge on any atom is -0.357 e. The lowest BCUT2D eigenvalue weighted by Crippen LogP contribution is -2.31. The van der Waals surface area contributed by atoms with E-state index in [1.54, 1.807) is 0 Å². The molecule has 0 saturated heterocycles. The van der Waals surface area contributed by atoms with Crippen molar-refractivity contribution in [2.75, 3.05) is 18.0 Å². The summed E-state index contributed by atoms with van der Waals surface area (Å²) in [4.78, 5) is 18.3. The zero-order chi connectivity index (χ0) is 18.8. The largest absolute Gasteiger partial charge is 0.357 e. The average Bonchev–Trinajstić information content (AvgIpc) is 2.67. The van der Waals surface area contributed by atoms with E-state index in [1.165, 1.54) is 11.1 Å². The van der Waals surface area contributed by atoms with Gasteiger partial charge in [-0.1, -0.05) is 44.2 Å². The molecule has 1 heterocycles. The topological polar surface area (TPSA) is 71.2 Å². The van der Waals surface area contributed by atoms with E-state index in [2.05, 4.69) is 53.4 Å². The number of rotatable bonds is 10. The van der Waals surface area contributed by atoms with Gasteiger partial charge in [0.2, 0.25) is 5.91 Å². The molecule has 8 heteroatoms. The number of pyridine rings is 1. The molecule has 5 nitrogen and oxygen atoms in total. The first-order valence-corrected chi connectivity index (χ1v) is 9.43. The molecule has 0 saturated carbocycles. The fourth-order valence-electron chi connectivity index (χ4n) is 2.98. The van der Waals surface area contributed by atoms with Crippen molar-refractivity contribution in [1.29, 1.82) is 0 Å². The van der Waals surface area contributed by atoms with Gasteiger partial charge in [-0.3, -0.25) is 10.2 Å². The molecule has 0 bridgehead atoms. The quantitative estimate of drug-likeness (QED) is 0.313. The molecule has 1 amide bonds. The van der Waals surface area contributed by atoms with Crippen molar-refractivity contribution >= 4 is 48.9 Å². The maximum atomic E-state index is 11.3. The zero-order valence-corrected chi connectivity index (χ0v) is 19.5. The Balaban J connectivity index is 0. The van der Waals surface area contributed by atoms with E-state index in [9.17, 15) is 4.79 Å². The summed E-state index contributed by atoms with van der Waals surface area (Å²) in [6.07, 6.45) is 6.48. The number of carbonyl (C=O) groups excluding carboxylic acids is 1. The number of nitrogens with zero attached hydrogens (tertiary/aromatic N) is 2. The number of amides is 1. The molecular weight excluding hydrogens is 431 g/mol. The van der Waals surface area contributed by atoms with E-state index < -0.39 is 0 Å². The first kappa shape index (κ1) is 29.7. The van der Waals surface area contributed by atoms with Crippen LogP contribution < -0.4 is 16.2 Å². The first-order chi connectivity index (χ1) is 12.7. The average molecular weight is 464 g/mol. The Morgan fingerprint density at radius 1 is 0.897 bits per heavy atom. The molecule has 0 aliphatic rings. The Morgan fingerprint density at radius 3 is 1.90 bits per heavy atom. The van der Waals surface area contributed by atoms with Gasteiger partial charge in [-0.2, -0.15) is 0 Å². The van der Waals surface area contributed by atoms with Gasteiger partial charge in [0.1, 0.15) is 5.82 Å². The normalized spacial score (nSPS) is 9.48. The first-order valence-electron chi connectivity index (χ1n) is 9.43. The number of hydrogen-bond donors (Lipinski definition) is 2. The molecule has 0 unspecified atom stereocenters. The number of nitrogens with two attached hydrogens (primary N) is 1. The summed E-state index contributed by atoms with van der Waals surface area (Å²) in [5.74, 6) is 6.01. The van der Waals surface area contributed by atoms with Gasteiger partial charge >= 0.3 is 0 Å². The molecule has 0 radical (unpaired) electrons. The van der Waals surface area contributed by atoms with Crippen LogP contribution in [0, 0.1) is 0 Å². The predicted octanol–water partition coefficient (Wildman–Crippen LogP) is 4.29. The van der Waals surface area contributed by atoms with Crippen molar-refractivity contribution in [1.82, 2.24) is 10.4 Å². The Bertz CT molecular complexity index is 675. The number of nitrogens with one attached hydrogen (secondary N) is 1. The molecule has 164 valence electrons. The van der Waals surface area contributed by atoms with E-state index >= 15 is 0 Å². The standard InChI is InChI=1S/C21H30N4O.3ClH/c1-3-13-25(14-4-2)20-12-11-19(16-23-20)10-7-17-5-8-18(9-6-17)15-21(26)24-22;;;/h5-6,8-9,11-12,16H,3-4,7,10,13-15,22H2,1-2H3,(H,24,26);3*1H. The van der Waals surface area contributed by atoms with E-state index in [0.29, 0.717) is 6.42 Å². The smallest absolute Gasteiger partial charge is 0.238 e. The van der Waals surface area contributed by atoms with Crippen molar-refractivity contribution in [3.05, 3.63) is 59.3 Å². The van der Waals surface area contributed by atoms with Crippen LogP contribution in [0.4, 0.5) is 5.82 Å². The summed E-state index contributed by atoms with van der Waals surface area (Å²) in [7, 11) is 0. The highest BCUT2D eigenvalue weighted by atomic mass is 35.5. The molecule has 3 N–H and O–H groups in total.